The molecular weight excluding hydrogens is 362 g/mol. The monoisotopic (exact) mass is 381 g/mol. The largest absolute Gasteiger partial charge is 0.352 e. The molecule has 0 spiro atoms. The Labute approximate surface area is 160 Å². The molecule has 2 aromatic rings. The Morgan fingerprint density at radius 2 is 2.04 bits per heavy atom. The van der Waals surface area contributed by atoms with Gasteiger partial charge in [0.05, 0.1) is 0 Å². The molecule has 0 atom stereocenters. The highest BCUT2D eigenvalue weighted by atomic mass is 16.2. The smallest absolute Gasteiger partial charge is 0.331 e. The van der Waals surface area contributed by atoms with E-state index in [0.717, 1.165) is 17.4 Å². The Morgan fingerprint density at radius 3 is 2.68 bits per heavy atom. The molecule has 9 heteroatoms. The van der Waals surface area contributed by atoms with Crippen LogP contribution < -0.4 is 21.9 Å². The molecule has 0 saturated heterocycles. The van der Waals surface area contributed by atoms with Crippen molar-refractivity contribution in [2.45, 2.75) is 32.4 Å². The van der Waals surface area contributed by atoms with E-state index in [2.05, 4.69) is 10.6 Å². The van der Waals surface area contributed by atoms with Gasteiger partial charge in [0, 0.05) is 30.0 Å². The van der Waals surface area contributed by atoms with Gasteiger partial charge in [0.2, 0.25) is 5.91 Å². The summed E-state index contributed by atoms with van der Waals surface area (Å²) in [6.07, 6.45) is 2.84. The van der Waals surface area contributed by atoms with Crippen LogP contribution in [-0.4, -0.2) is 27.5 Å². The number of amides is 2. The van der Waals surface area contributed by atoms with Crippen LogP contribution in [0.3, 0.4) is 0 Å². The van der Waals surface area contributed by atoms with Crippen molar-refractivity contribution in [3.8, 4) is 6.07 Å². The highest BCUT2D eigenvalue weighted by molar-refractivity contribution is 5.97. The van der Waals surface area contributed by atoms with E-state index in [4.69, 9.17) is 5.26 Å². The number of nitriles is 1. The molecule has 1 saturated carbocycles. The topological polar surface area (TPSA) is 126 Å². The van der Waals surface area contributed by atoms with Crippen molar-refractivity contribution in [1.29, 1.82) is 5.26 Å². The highest BCUT2D eigenvalue weighted by Gasteiger charge is 2.27. The van der Waals surface area contributed by atoms with Crippen LogP contribution in [-0.2, 0) is 11.3 Å². The third-order valence-corrected chi connectivity index (χ3v) is 4.30. The van der Waals surface area contributed by atoms with E-state index in [0.29, 0.717) is 17.8 Å². The first-order valence-corrected chi connectivity index (χ1v) is 8.88. The maximum absolute atomic E-state index is 12.5. The van der Waals surface area contributed by atoms with Gasteiger partial charge in [-0.3, -0.25) is 19.0 Å². The van der Waals surface area contributed by atoms with Gasteiger partial charge < -0.3 is 10.6 Å². The first kappa shape index (κ1) is 19.1. The molecule has 2 amide bonds. The van der Waals surface area contributed by atoms with Crippen molar-refractivity contribution >= 4 is 17.5 Å². The summed E-state index contributed by atoms with van der Waals surface area (Å²) >= 11 is 0. The van der Waals surface area contributed by atoms with Gasteiger partial charge in [0.25, 0.3) is 11.5 Å². The van der Waals surface area contributed by atoms with Gasteiger partial charge in [0.1, 0.15) is 18.2 Å². The third-order valence-electron chi connectivity index (χ3n) is 4.30. The molecule has 3 rings (SSSR count). The first-order valence-electron chi connectivity index (χ1n) is 8.88. The lowest BCUT2D eigenvalue weighted by Gasteiger charge is -2.11. The molecule has 1 heterocycles. The number of nitrogens with zero attached hydrogens (tertiary/aromatic N) is 3. The second-order valence-corrected chi connectivity index (χ2v) is 6.46. The Kier molecular flexibility index (Phi) is 5.40. The van der Waals surface area contributed by atoms with Gasteiger partial charge in [-0.2, -0.15) is 5.26 Å². The zero-order chi connectivity index (χ0) is 20.3. The summed E-state index contributed by atoms with van der Waals surface area (Å²) in [5, 5.41) is 14.4. The van der Waals surface area contributed by atoms with Crippen LogP contribution >= 0.6 is 0 Å². The molecule has 1 aromatic heterocycles. The number of rotatable bonds is 6. The van der Waals surface area contributed by atoms with E-state index in [-0.39, 0.29) is 17.5 Å². The molecule has 0 aliphatic heterocycles. The predicted molar refractivity (Wildman–Crippen MR) is 101 cm³/mol. The van der Waals surface area contributed by atoms with Crippen molar-refractivity contribution in [3.63, 3.8) is 0 Å². The molecule has 144 valence electrons. The Morgan fingerprint density at radius 1 is 1.29 bits per heavy atom. The summed E-state index contributed by atoms with van der Waals surface area (Å²) in [4.78, 5) is 49.1. The maximum atomic E-state index is 12.5. The number of hydrogen-bond donors (Lipinski definition) is 2. The van der Waals surface area contributed by atoms with Crippen LogP contribution in [0.2, 0.25) is 0 Å². The number of aromatic nitrogens is 2. The maximum Gasteiger partial charge on any atom is 0.331 e. The predicted octanol–water partition coefficient (Wildman–Crippen LogP) is 0.605. The summed E-state index contributed by atoms with van der Waals surface area (Å²) in [5.74, 6) is -0.881. The van der Waals surface area contributed by atoms with Crippen molar-refractivity contribution in [2.24, 2.45) is 0 Å². The number of carbonyl (C=O) groups excluding carboxylic acids is 2. The van der Waals surface area contributed by atoms with E-state index >= 15 is 0 Å². The Bertz CT molecular complexity index is 1090. The highest BCUT2D eigenvalue weighted by Crippen LogP contribution is 2.33. The van der Waals surface area contributed by atoms with Crippen LogP contribution in [0.25, 0.3) is 0 Å². The average molecular weight is 381 g/mol. The van der Waals surface area contributed by atoms with Crippen molar-refractivity contribution in [2.75, 3.05) is 11.9 Å². The van der Waals surface area contributed by atoms with Crippen molar-refractivity contribution < 1.29 is 9.59 Å². The molecule has 1 aliphatic carbocycles. The fourth-order valence-corrected chi connectivity index (χ4v) is 2.80. The van der Waals surface area contributed by atoms with Crippen LogP contribution in [0.15, 0.2) is 40.1 Å². The second-order valence-electron chi connectivity index (χ2n) is 6.46. The lowest BCUT2D eigenvalue weighted by atomic mass is 10.2. The van der Waals surface area contributed by atoms with Gasteiger partial charge in [-0.25, -0.2) is 9.36 Å². The molecule has 0 radical (unpaired) electrons. The van der Waals surface area contributed by atoms with E-state index in [1.165, 1.54) is 16.8 Å². The lowest BCUT2D eigenvalue weighted by Crippen LogP contribution is -2.43. The number of benzene rings is 1. The van der Waals surface area contributed by atoms with Crippen molar-refractivity contribution in [3.05, 3.63) is 62.4 Å². The molecule has 0 bridgehead atoms. The zero-order valence-corrected chi connectivity index (χ0v) is 15.3. The van der Waals surface area contributed by atoms with Gasteiger partial charge in [-0.05, 0) is 38.0 Å². The number of anilines is 1. The minimum Gasteiger partial charge on any atom is -0.352 e. The van der Waals surface area contributed by atoms with E-state index < -0.39 is 23.7 Å². The average Bonchev–Trinajstić information content (AvgIpc) is 3.51. The van der Waals surface area contributed by atoms with Crippen LogP contribution in [0.1, 0.15) is 41.7 Å². The number of carbonyl (C=O) groups is 2. The molecule has 2 N–H and O–H groups in total. The number of hydrogen-bond acceptors (Lipinski definition) is 5. The summed E-state index contributed by atoms with van der Waals surface area (Å²) < 4.78 is 2.10. The standard InChI is InChI=1S/C19H19N5O4/c1-2-21-17(26)12-4-3-5-14(8-12)22-16(25)11-24-18(27)13(9-20)10-23(19(24)28)15-6-7-15/h3-5,8,10,15H,2,6-7,11H2,1H3,(H,21,26)(H,22,25). The van der Waals surface area contributed by atoms with E-state index in [1.807, 2.05) is 0 Å². The summed E-state index contributed by atoms with van der Waals surface area (Å²) in [7, 11) is 0. The Balaban J connectivity index is 1.83. The first-order chi connectivity index (χ1) is 13.4. The summed E-state index contributed by atoms with van der Waals surface area (Å²) in [5.41, 5.74) is -0.856. The lowest BCUT2D eigenvalue weighted by molar-refractivity contribution is -0.116. The van der Waals surface area contributed by atoms with Gasteiger partial charge in [0.15, 0.2) is 0 Å². The SMILES string of the molecule is CCNC(=O)c1cccc(NC(=O)Cn2c(=O)c(C#N)cn(C3CC3)c2=O)c1. The van der Waals surface area contributed by atoms with Gasteiger partial charge in [-0.15, -0.1) is 0 Å². The Hall–Kier alpha value is -3.67. The van der Waals surface area contributed by atoms with Crippen molar-refractivity contribution in [1.82, 2.24) is 14.5 Å². The summed E-state index contributed by atoms with van der Waals surface area (Å²) in [6, 6.07) is 8.05. The second kappa shape index (κ2) is 7.92. The fourth-order valence-electron chi connectivity index (χ4n) is 2.80. The molecular formula is C19H19N5O4. The molecule has 28 heavy (non-hydrogen) atoms. The minimum absolute atomic E-state index is 0.0386. The van der Waals surface area contributed by atoms with Crippen LogP contribution in [0.4, 0.5) is 5.69 Å². The third kappa shape index (κ3) is 4.01. The van der Waals surface area contributed by atoms with Gasteiger partial charge in [-0.1, -0.05) is 6.07 Å². The van der Waals surface area contributed by atoms with Crippen LogP contribution in [0, 0.1) is 11.3 Å². The molecule has 1 fully saturated rings. The summed E-state index contributed by atoms with van der Waals surface area (Å²) in [6.45, 7) is 1.75. The normalized spacial score (nSPS) is 12.9. The zero-order valence-electron chi connectivity index (χ0n) is 15.3. The van der Waals surface area contributed by atoms with E-state index in [1.54, 1.807) is 31.2 Å². The van der Waals surface area contributed by atoms with Gasteiger partial charge >= 0.3 is 5.69 Å². The van der Waals surface area contributed by atoms with Crippen LogP contribution in [0.5, 0.6) is 0 Å². The quantitative estimate of drug-likeness (QED) is 0.758. The number of nitrogens with one attached hydrogen (secondary N) is 2. The molecule has 1 aliphatic rings. The molecule has 0 unspecified atom stereocenters. The molecule has 9 nitrogen and oxygen atoms in total. The fraction of sp³-hybridized carbons (Fsp3) is 0.316. The van der Waals surface area contributed by atoms with E-state index in [9.17, 15) is 19.2 Å². The molecule has 1 aromatic carbocycles. The minimum atomic E-state index is -0.796.